The largest absolute Gasteiger partial charge is 0.369 e. The van der Waals surface area contributed by atoms with Crippen molar-refractivity contribution in [3.05, 3.63) is 46.2 Å². The van der Waals surface area contributed by atoms with Gasteiger partial charge in [-0.25, -0.2) is 4.68 Å². The van der Waals surface area contributed by atoms with Gasteiger partial charge in [-0.15, -0.1) is 0 Å². The van der Waals surface area contributed by atoms with Crippen molar-refractivity contribution in [3.63, 3.8) is 0 Å². The first kappa shape index (κ1) is 17.5. The summed E-state index contributed by atoms with van der Waals surface area (Å²) in [5, 5.41) is 5.07. The summed E-state index contributed by atoms with van der Waals surface area (Å²) in [4.78, 5) is 25.6. The zero-order valence-corrected chi connectivity index (χ0v) is 15.1. The molecule has 1 fully saturated rings. The molecule has 0 radical (unpaired) electrons. The summed E-state index contributed by atoms with van der Waals surface area (Å²) in [7, 11) is 0. The minimum Gasteiger partial charge on any atom is -0.369 e. The van der Waals surface area contributed by atoms with Gasteiger partial charge in [-0.1, -0.05) is 11.6 Å². The van der Waals surface area contributed by atoms with Crippen LogP contribution >= 0.6 is 11.6 Å². The number of nitrogens with two attached hydrogens (primary N) is 1. The summed E-state index contributed by atoms with van der Waals surface area (Å²) in [5.74, 6) is -0.428. The molecule has 2 amide bonds. The SMILES string of the molecule is Cc1nn(-c2ccc(C(=O)N3CCC(C(N)=O)CC3)cc2)c(C)c1Cl. The first-order valence-corrected chi connectivity index (χ1v) is 8.67. The van der Waals surface area contributed by atoms with Crippen molar-refractivity contribution in [3.8, 4) is 5.69 Å². The quantitative estimate of drug-likeness (QED) is 0.912. The van der Waals surface area contributed by atoms with Crippen LogP contribution in [0.15, 0.2) is 24.3 Å². The Morgan fingerprint density at radius 2 is 1.76 bits per heavy atom. The van der Waals surface area contributed by atoms with E-state index in [2.05, 4.69) is 5.10 Å². The third kappa shape index (κ3) is 3.39. The third-order valence-corrected chi connectivity index (χ3v) is 5.29. The number of halogens is 1. The van der Waals surface area contributed by atoms with Crippen LogP contribution in [0.1, 0.15) is 34.6 Å². The summed E-state index contributed by atoms with van der Waals surface area (Å²) in [6.07, 6.45) is 1.26. The Bertz CT molecular complexity index is 805. The fourth-order valence-electron chi connectivity index (χ4n) is 3.17. The molecule has 0 saturated carbocycles. The molecule has 0 bridgehead atoms. The number of carbonyl (C=O) groups excluding carboxylic acids is 2. The summed E-state index contributed by atoms with van der Waals surface area (Å²) < 4.78 is 1.77. The van der Waals surface area contributed by atoms with E-state index in [1.807, 2.05) is 26.0 Å². The van der Waals surface area contributed by atoms with Crippen molar-refractivity contribution < 1.29 is 9.59 Å². The standard InChI is InChI=1S/C18H21ClN4O2/c1-11-16(19)12(2)23(21-11)15-5-3-14(4-6-15)18(25)22-9-7-13(8-10-22)17(20)24/h3-6,13H,7-10H2,1-2H3,(H2,20,24). The molecule has 25 heavy (non-hydrogen) atoms. The molecule has 1 aromatic carbocycles. The van der Waals surface area contributed by atoms with Crippen LogP contribution in [-0.4, -0.2) is 39.6 Å². The molecule has 0 unspecified atom stereocenters. The highest BCUT2D eigenvalue weighted by atomic mass is 35.5. The Labute approximate surface area is 151 Å². The lowest BCUT2D eigenvalue weighted by atomic mass is 9.96. The molecular formula is C18H21ClN4O2. The van der Waals surface area contributed by atoms with Gasteiger partial charge in [0.25, 0.3) is 5.91 Å². The van der Waals surface area contributed by atoms with Crippen LogP contribution in [0.2, 0.25) is 5.02 Å². The molecule has 1 aliphatic heterocycles. The third-order valence-electron chi connectivity index (χ3n) is 4.75. The first-order valence-electron chi connectivity index (χ1n) is 8.29. The van der Waals surface area contributed by atoms with Gasteiger partial charge in [-0.05, 0) is 51.0 Å². The van der Waals surface area contributed by atoms with E-state index < -0.39 is 0 Å². The molecule has 132 valence electrons. The lowest BCUT2D eigenvalue weighted by Crippen LogP contribution is -2.41. The lowest BCUT2D eigenvalue weighted by Gasteiger charge is -2.30. The Morgan fingerprint density at radius 1 is 1.16 bits per heavy atom. The van der Waals surface area contributed by atoms with Crippen molar-refractivity contribution in [2.75, 3.05) is 13.1 Å². The van der Waals surface area contributed by atoms with Crippen LogP contribution in [0, 0.1) is 19.8 Å². The van der Waals surface area contributed by atoms with E-state index in [1.165, 1.54) is 0 Å². The highest BCUT2D eigenvalue weighted by molar-refractivity contribution is 6.31. The molecule has 0 aliphatic carbocycles. The fraction of sp³-hybridized carbons (Fsp3) is 0.389. The number of primary amides is 1. The van der Waals surface area contributed by atoms with Gasteiger partial charge >= 0.3 is 0 Å². The van der Waals surface area contributed by atoms with Crippen molar-refractivity contribution >= 4 is 23.4 Å². The van der Waals surface area contributed by atoms with Crippen molar-refractivity contribution in [1.29, 1.82) is 0 Å². The first-order chi connectivity index (χ1) is 11.9. The lowest BCUT2D eigenvalue weighted by molar-refractivity contribution is -0.123. The van der Waals surface area contributed by atoms with Crippen LogP contribution in [-0.2, 0) is 4.79 Å². The molecule has 2 heterocycles. The van der Waals surface area contributed by atoms with E-state index in [-0.39, 0.29) is 17.7 Å². The molecular weight excluding hydrogens is 340 g/mol. The molecule has 1 aliphatic rings. The summed E-state index contributed by atoms with van der Waals surface area (Å²) in [6.45, 7) is 4.88. The van der Waals surface area contributed by atoms with Gasteiger partial charge in [0.05, 0.1) is 22.1 Å². The van der Waals surface area contributed by atoms with Crippen molar-refractivity contribution in [2.24, 2.45) is 11.7 Å². The van der Waals surface area contributed by atoms with Gasteiger partial charge in [0.15, 0.2) is 0 Å². The minimum absolute atomic E-state index is 0.0270. The number of benzene rings is 1. The molecule has 1 aromatic heterocycles. The maximum atomic E-state index is 12.6. The number of hydrogen-bond donors (Lipinski definition) is 1. The molecule has 7 heteroatoms. The van der Waals surface area contributed by atoms with E-state index in [0.29, 0.717) is 36.5 Å². The minimum atomic E-state index is -0.278. The number of nitrogens with zero attached hydrogens (tertiary/aromatic N) is 3. The van der Waals surface area contributed by atoms with Gasteiger partial charge in [-0.2, -0.15) is 5.10 Å². The monoisotopic (exact) mass is 360 g/mol. The Morgan fingerprint density at radius 3 is 2.24 bits per heavy atom. The Kier molecular flexibility index (Phi) is 4.81. The summed E-state index contributed by atoms with van der Waals surface area (Å²) >= 11 is 6.19. The number of hydrogen-bond acceptors (Lipinski definition) is 3. The number of aromatic nitrogens is 2. The second-order valence-electron chi connectivity index (χ2n) is 6.41. The molecule has 1 saturated heterocycles. The smallest absolute Gasteiger partial charge is 0.253 e. The number of carbonyl (C=O) groups is 2. The Balaban J connectivity index is 1.73. The topological polar surface area (TPSA) is 81.2 Å². The number of piperidine rings is 1. The zero-order chi connectivity index (χ0) is 18.1. The van der Waals surface area contributed by atoms with Crippen LogP contribution < -0.4 is 5.73 Å². The Hall–Kier alpha value is -2.34. The predicted molar refractivity (Wildman–Crippen MR) is 95.9 cm³/mol. The molecule has 0 spiro atoms. The van der Waals surface area contributed by atoms with Gasteiger partial charge < -0.3 is 10.6 Å². The average Bonchev–Trinajstić information content (AvgIpc) is 2.89. The number of aryl methyl sites for hydroxylation is 1. The van der Waals surface area contributed by atoms with Gasteiger partial charge in [0.1, 0.15) is 0 Å². The number of amides is 2. The molecule has 2 aromatic rings. The van der Waals surface area contributed by atoms with Gasteiger partial charge in [-0.3, -0.25) is 9.59 Å². The second kappa shape index (κ2) is 6.88. The molecule has 0 atom stereocenters. The maximum absolute atomic E-state index is 12.6. The number of rotatable bonds is 3. The second-order valence-corrected chi connectivity index (χ2v) is 6.79. The van der Waals surface area contributed by atoms with Crippen LogP contribution in [0.4, 0.5) is 0 Å². The van der Waals surface area contributed by atoms with Gasteiger partial charge in [0.2, 0.25) is 5.91 Å². The average molecular weight is 361 g/mol. The highest BCUT2D eigenvalue weighted by Gasteiger charge is 2.26. The predicted octanol–water partition coefficient (Wildman–Crippen LogP) is 2.48. The van der Waals surface area contributed by atoms with Crippen molar-refractivity contribution in [1.82, 2.24) is 14.7 Å². The summed E-state index contributed by atoms with van der Waals surface area (Å²) in [6, 6.07) is 7.31. The van der Waals surface area contributed by atoms with E-state index in [0.717, 1.165) is 17.1 Å². The van der Waals surface area contributed by atoms with E-state index in [4.69, 9.17) is 17.3 Å². The normalized spacial score (nSPS) is 15.4. The fourth-order valence-corrected chi connectivity index (χ4v) is 3.29. The van der Waals surface area contributed by atoms with Crippen LogP contribution in [0.3, 0.4) is 0 Å². The molecule has 2 N–H and O–H groups in total. The van der Waals surface area contributed by atoms with Crippen LogP contribution in [0.25, 0.3) is 5.69 Å². The van der Waals surface area contributed by atoms with Crippen molar-refractivity contribution in [2.45, 2.75) is 26.7 Å². The van der Waals surface area contributed by atoms with E-state index in [1.54, 1.807) is 21.7 Å². The van der Waals surface area contributed by atoms with Gasteiger partial charge in [0, 0.05) is 24.6 Å². The summed E-state index contributed by atoms with van der Waals surface area (Å²) in [5.41, 5.74) is 8.46. The zero-order valence-electron chi connectivity index (χ0n) is 14.3. The highest BCUT2D eigenvalue weighted by Crippen LogP contribution is 2.23. The van der Waals surface area contributed by atoms with E-state index >= 15 is 0 Å². The molecule has 3 rings (SSSR count). The van der Waals surface area contributed by atoms with Crippen LogP contribution in [0.5, 0.6) is 0 Å². The molecule has 6 nitrogen and oxygen atoms in total. The van der Waals surface area contributed by atoms with E-state index in [9.17, 15) is 9.59 Å². The maximum Gasteiger partial charge on any atom is 0.253 e. The number of likely N-dealkylation sites (tertiary alicyclic amines) is 1.